The van der Waals surface area contributed by atoms with Crippen molar-refractivity contribution in [1.29, 1.82) is 0 Å². The van der Waals surface area contributed by atoms with Crippen molar-refractivity contribution < 1.29 is 9.59 Å². The molecule has 1 fully saturated rings. The van der Waals surface area contributed by atoms with Crippen molar-refractivity contribution in [1.82, 2.24) is 9.80 Å². The number of piperazine rings is 1. The highest BCUT2D eigenvalue weighted by Gasteiger charge is 2.26. The van der Waals surface area contributed by atoms with E-state index in [1.165, 1.54) is 0 Å². The number of rotatable bonds is 2. The molecule has 19 heavy (non-hydrogen) atoms. The van der Waals surface area contributed by atoms with Crippen LogP contribution in [0.5, 0.6) is 0 Å². The number of benzene rings is 1. The smallest absolute Gasteiger partial charge is 0.254 e. The van der Waals surface area contributed by atoms with E-state index in [2.05, 4.69) is 5.32 Å². The summed E-state index contributed by atoms with van der Waals surface area (Å²) in [6.45, 7) is 3.26. The summed E-state index contributed by atoms with van der Waals surface area (Å²) < 4.78 is 0. The number of hydrogen-bond acceptors (Lipinski definition) is 3. The van der Waals surface area contributed by atoms with E-state index in [1.54, 1.807) is 16.8 Å². The second kappa shape index (κ2) is 5.30. The van der Waals surface area contributed by atoms with Crippen molar-refractivity contribution in [2.45, 2.75) is 6.92 Å². The maximum atomic E-state index is 12.4. The summed E-state index contributed by atoms with van der Waals surface area (Å²) in [4.78, 5) is 27.3. The van der Waals surface area contributed by atoms with Crippen molar-refractivity contribution in [2.24, 2.45) is 0 Å². The number of anilines is 1. The van der Waals surface area contributed by atoms with Gasteiger partial charge in [-0.2, -0.15) is 0 Å². The molecule has 5 heteroatoms. The Morgan fingerprint density at radius 3 is 2.63 bits per heavy atom. The molecule has 1 aliphatic rings. The van der Waals surface area contributed by atoms with Crippen molar-refractivity contribution in [3.8, 4) is 0 Å². The summed E-state index contributed by atoms with van der Waals surface area (Å²) in [5.74, 6) is -0.0781. The molecular weight excluding hydrogens is 242 g/mol. The minimum atomic E-state index is -0.0680. The number of hydrogen-bond donors (Lipinski definition) is 1. The second-order valence-electron chi connectivity index (χ2n) is 4.82. The van der Waals surface area contributed by atoms with Crippen LogP contribution in [-0.4, -0.2) is 55.3 Å². The van der Waals surface area contributed by atoms with Gasteiger partial charge in [0.05, 0.1) is 0 Å². The molecule has 0 spiro atoms. The number of nitrogens with zero attached hydrogens (tertiary/aromatic N) is 2. The third-order valence-corrected chi connectivity index (χ3v) is 3.49. The maximum absolute atomic E-state index is 12.4. The Bertz CT molecular complexity index is 513. The van der Waals surface area contributed by atoms with Crippen LogP contribution in [0.15, 0.2) is 18.2 Å². The Hall–Kier alpha value is -2.04. The third-order valence-electron chi connectivity index (χ3n) is 3.49. The van der Waals surface area contributed by atoms with Gasteiger partial charge in [-0.25, -0.2) is 0 Å². The van der Waals surface area contributed by atoms with Gasteiger partial charge in [0.2, 0.25) is 5.91 Å². The predicted octanol–water partition coefficient (Wildman–Crippen LogP) is 0.951. The van der Waals surface area contributed by atoms with Gasteiger partial charge in [-0.15, -0.1) is 0 Å². The Kier molecular flexibility index (Phi) is 3.74. The summed E-state index contributed by atoms with van der Waals surface area (Å²) in [6.07, 6.45) is 0. The minimum Gasteiger partial charge on any atom is -0.388 e. The summed E-state index contributed by atoms with van der Waals surface area (Å²) >= 11 is 0. The molecule has 0 aliphatic carbocycles. The van der Waals surface area contributed by atoms with Crippen LogP contribution in [0.25, 0.3) is 0 Å². The van der Waals surface area contributed by atoms with Crippen LogP contribution in [0, 0.1) is 6.92 Å². The topological polar surface area (TPSA) is 52.7 Å². The zero-order chi connectivity index (χ0) is 14.0. The predicted molar refractivity (Wildman–Crippen MR) is 74.3 cm³/mol. The summed E-state index contributed by atoms with van der Waals surface area (Å²) in [5.41, 5.74) is 2.56. The Morgan fingerprint density at radius 2 is 2.05 bits per heavy atom. The van der Waals surface area contributed by atoms with E-state index >= 15 is 0 Å². The van der Waals surface area contributed by atoms with Gasteiger partial charge in [-0.1, -0.05) is 0 Å². The molecule has 1 aliphatic heterocycles. The van der Waals surface area contributed by atoms with Gasteiger partial charge in [0.25, 0.3) is 5.91 Å². The zero-order valence-electron chi connectivity index (χ0n) is 11.6. The lowest BCUT2D eigenvalue weighted by molar-refractivity contribution is -0.133. The lowest BCUT2D eigenvalue weighted by Crippen LogP contribution is -2.50. The quantitative estimate of drug-likeness (QED) is 0.862. The highest BCUT2D eigenvalue weighted by atomic mass is 16.2. The number of nitrogens with one attached hydrogen (secondary N) is 1. The van der Waals surface area contributed by atoms with Gasteiger partial charge in [-0.3, -0.25) is 9.59 Å². The Morgan fingerprint density at radius 1 is 1.32 bits per heavy atom. The molecule has 1 aromatic carbocycles. The van der Waals surface area contributed by atoms with Gasteiger partial charge in [0.1, 0.15) is 6.54 Å². The molecule has 2 rings (SSSR count). The molecule has 0 atom stereocenters. The van der Waals surface area contributed by atoms with E-state index in [0.717, 1.165) is 11.3 Å². The normalized spacial score (nSPS) is 15.6. The monoisotopic (exact) mass is 261 g/mol. The fraction of sp³-hybridized carbons (Fsp3) is 0.429. The van der Waals surface area contributed by atoms with Gasteiger partial charge >= 0.3 is 0 Å². The highest BCUT2D eigenvalue weighted by Crippen LogP contribution is 2.17. The van der Waals surface area contributed by atoms with Crippen LogP contribution in [0.3, 0.4) is 0 Å². The first-order valence-electron chi connectivity index (χ1n) is 6.34. The summed E-state index contributed by atoms with van der Waals surface area (Å²) in [7, 11) is 3.60. The fourth-order valence-corrected chi connectivity index (χ4v) is 2.16. The molecule has 0 aromatic heterocycles. The first-order valence-corrected chi connectivity index (χ1v) is 6.34. The van der Waals surface area contributed by atoms with Gasteiger partial charge < -0.3 is 15.1 Å². The highest BCUT2D eigenvalue weighted by molar-refractivity contribution is 5.98. The van der Waals surface area contributed by atoms with Crippen LogP contribution in [0.2, 0.25) is 0 Å². The summed E-state index contributed by atoms with van der Waals surface area (Å²) in [6, 6.07) is 5.62. The molecule has 1 saturated heterocycles. The lowest BCUT2D eigenvalue weighted by Gasteiger charge is -2.32. The summed E-state index contributed by atoms with van der Waals surface area (Å²) in [5, 5.41) is 3.04. The van der Waals surface area contributed by atoms with Gasteiger partial charge in [-0.05, 0) is 30.7 Å². The average molecular weight is 261 g/mol. The molecule has 1 aromatic rings. The lowest BCUT2D eigenvalue weighted by atomic mass is 10.1. The van der Waals surface area contributed by atoms with Crippen LogP contribution in [0.1, 0.15) is 15.9 Å². The molecule has 102 valence electrons. The average Bonchev–Trinajstić information content (AvgIpc) is 2.41. The van der Waals surface area contributed by atoms with E-state index in [-0.39, 0.29) is 18.4 Å². The van der Waals surface area contributed by atoms with Crippen LogP contribution >= 0.6 is 0 Å². The number of likely N-dealkylation sites (N-methyl/N-ethyl adjacent to an activating group) is 1. The van der Waals surface area contributed by atoms with E-state index in [1.807, 2.05) is 32.2 Å². The van der Waals surface area contributed by atoms with E-state index in [9.17, 15) is 9.59 Å². The van der Waals surface area contributed by atoms with Gasteiger partial charge in [0.15, 0.2) is 0 Å². The van der Waals surface area contributed by atoms with Crippen molar-refractivity contribution in [2.75, 3.05) is 39.0 Å². The second-order valence-corrected chi connectivity index (χ2v) is 4.82. The van der Waals surface area contributed by atoms with E-state index in [0.29, 0.717) is 18.7 Å². The van der Waals surface area contributed by atoms with Crippen molar-refractivity contribution >= 4 is 17.5 Å². The number of carbonyl (C=O) groups is 2. The first kappa shape index (κ1) is 13.4. The van der Waals surface area contributed by atoms with E-state index < -0.39 is 0 Å². The van der Waals surface area contributed by atoms with Crippen molar-refractivity contribution in [3.05, 3.63) is 29.3 Å². The molecule has 2 amide bonds. The molecule has 0 unspecified atom stereocenters. The third kappa shape index (κ3) is 2.70. The van der Waals surface area contributed by atoms with Crippen LogP contribution < -0.4 is 5.32 Å². The van der Waals surface area contributed by atoms with E-state index in [4.69, 9.17) is 0 Å². The molecule has 1 heterocycles. The molecular formula is C14H19N3O2. The largest absolute Gasteiger partial charge is 0.388 e. The van der Waals surface area contributed by atoms with Crippen LogP contribution in [-0.2, 0) is 4.79 Å². The Balaban J connectivity index is 2.18. The SMILES string of the molecule is CNc1ccc(C(=O)N2CCN(C)C(=O)C2)c(C)c1. The van der Waals surface area contributed by atoms with Crippen molar-refractivity contribution in [3.63, 3.8) is 0 Å². The van der Waals surface area contributed by atoms with Gasteiger partial charge in [0, 0.05) is 38.4 Å². The van der Waals surface area contributed by atoms with Crippen LogP contribution in [0.4, 0.5) is 5.69 Å². The zero-order valence-corrected chi connectivity index (χ0v) is 11.6. The Labute approximate surface area is 113 Å². The molecule has 1 N–H and O–H groups in total. The number of amides is 2. The standard InChI is InChI=1S/C14H19N3O2/c1-10-8-11(15-2)4-5-12(10)14(19)17-7-6-16(3)13(18)9-17/h4-5,8,15H,6-7,9H2,1-3H3. The number of carbonyl (C=O) groups excluding carboxylic acids is 2. The number of aryl methyl sites for hydroxylation is 1. The maximum Gasteiger partial charge on any atom is 0.254 e. The molecule has 0 saturated carbocycles. The first-order chi connectivity index (χ1) is 9.02. The minimum absolute atomic E-state index is 0.0101. The molecule has 0 radical (unpaired) electrons. The molecule has 0 bridgehead atoms. The fourth-order valence-electron chi connectivity index (χ4n) is 2.16. The molecule has 5 nitrogen and oxygen atoms in total.